The molecule has 6 rings (SSSR count). The normalized spacial score (nSPS) is 22.3. The molecule has 0 aliphatic carbocycles. The van der Waals surface area contributed by atoms with Crippen molar-refractivity contribution in [2.24, 2.45) is 0 Å². The Balaban J connectivity index is 1.57. The molecule has 45 heavy (non-hydrogen) atoms. The van der Waals surface area contributed by atoms with Crippen molar-refractivity contribution in [1.82, 2.24) is 20.2 Å². The van der Waals surface area contributed by atoms with E-state index >= 15 is 4.39 Å². The molecule has 0 saturated carbocycles. The molecule has 0 spiro atoms. The molecule has 0 radical (unpaired) electrons. The van der Waals surface area contributed by atoms with E-state index in [9.17, 15) is 27.2 Å². The van der Waals surface area contributed by atoms with Gasteiger partial charge in [0.25, 0.3) is 5.91 Å². The zero-order valence-corrected chi connectivity index (χ0v) is 24.4. The van der Waals surface area contributed by atoms with Crippen LogP contribution in [-0.4, -0.2) is 64.6 Å². The van der Waals surface area contributed by atoms with Crippen LogP contribution >= 0.6 is 0 Å². The summed E-state index contributed by atoms with van der Waals surface area (Å²) in [7, 11) is 1.16. The molecule has 2 fully saturated rings. The Labute approximate surface area is 254 Å². The van der Waals surface area contributed by atoms with E-state index in [1.54, 1.807) is 11.8 Å². The van der Waals surface area contributed by atoms with E-state index in [2.05, 4.69) is 20.6 Å². The van der Waals surface area contributed by atoms with Crippen molar-refractivity contribution in [2.45, 2.75) is 63.6 Å². The quantitative estimate of drug-likeness (QED) is 0.212. The molecule has 2 aromatic heterocycles. The molecular formula is C30H29F5N6O4. The largest absolute Gasteiger partial charge is 0.472 e. The topological polar surface area (TPSA) is 132 Å². The van der Waals surface area contributed by atoms with Gasteiger partial charge in [-0.25, -0.2) is 23.5 Å². The van der Waals surface area contributed by atoms with Gasteiger partial charge < -0.3 is 30.7 Å². The first-order chi connectivity index (χ1) is 21.3. The van der Waals surface area contributed by atoms with E-state index in [4.69, 9.17) is 15.2 Å². The van der Waals surface area contributed by atoms with Crippen molar-refractivity contribution in [3.05, 3.63) is 64.0 Å². The third-order valence-corrected chi connectivity index (χ3v) is 8.61. The summed E-state index contributed by atoms with van der Waals surface area (Å²) < 4.78 is 85.4. The van der Waals surface area contributed by atoms with E-state index in [1.807, 2.05) is 0 Å². The van der Waals surface area contributed by atoms with Crippen molar-refractivity contribution in [3.8, 4) is 17.1 Å². The van der Waals surface area contributed by atoms with Gasteiger partial charge in [0.1, 0.15) is 23.2 Å². The van der Waals surface area contributed by atoms with Crippen LogP contribution in [0.4, 0.5) is 33.3 Å². The third-order valence-electron chi connectivity index (χ3n) is 8.61. The van der Waals surface area contributed by atoms with Crippen LogP contribution in [0.25, 0.3) is 11.3 Å². The van der Waals surface area contributed by atoms with Crippen molar-refractivity contribution in [3.63, 3.8) is 0 Å². The molecule has 15 heteroatoms. The summed E-state index contributed by atoms with van der Waals surface area (Å²) in [6, 6.07) is 3.12. The van der Waals surface area contributed by atoms with Crippen molar-refractivity contribution in [2.75, 3.05) is 24.7 Å². The van der Waals surface area contributed by atoms with Crippen LogP contribution in [0.3, 0.4) is 0 Å². The predicted molar refractivity (Wildman–Crippen MR) is 152 cm³/mol. The Kier molecular flexibility index (Phi) is 7.54. The van der Waals surface area contributed by atoms with Crippen molar-refractivity contribution < 1.29 is 41.0 Å². The number of amides is 1. The van der Waals surface area contributed by atoms with E-state index in [0.717, 1.165) is 26.9 Å². The Morgan fingerprint density at radius 3 is 2.73 bits per heavy atom. The maximum atomic E-state index is 16.7. The number of nitrogens with one attached hydrogen (secondary N) is 2. The molecule has 3 aliphatic heterocycles. The zero-order valence-electron chi connectivity index (χ0n) is 24.4. The summed E-state index contributed by atoms with van der Waals surface area (Å²) in [5.41, 5.74) is 0.401. The van der Waals surface area contributed by atoms with Gasteiger partial charge in [0, 0.05) is 42.5 Å². The molecule has 3 aromatic rings. The summed E-state index contributed by atoms with van der Waals surface area (Å²) >= 11 is 0. The third kappa shape index (κ3) is 5.08. The molecular weight excluding hydrogens is 603 g/mol. The van der Waals surface area contributed by atoms with Crippen LogP contribution in [0.5, 0.6) is 5.88 Å². The van der Waals surface area contributed by atoms with Crippen LogP contribution in [0, 0.1) is 18.6 Å². The van der Waals surface area contributed by atoms with E-state index in [0.29, 0.717) is 12.6 Å². The predicted octanol–water partition coefficient (Wildman–Crippen LogP) is 4.46. The summed E-state index contributed by atoms with van der Waals surface area (Å²) in [5.74, 6) is -4.42. The summed E-state index contributed by atoms with van der Waals surface area (Å²) in [5, 5.41) is 6.26. The van der Waals surface area contributed by atoms with Crippen LogP contribution in [-0.2, 0) is 17.5 Å². The van der Waals surface area contributed by atoms with Gasteiger partial charge in [-0.3, -0.25) is 4.79 Å². The first-order valence-corrected chi connectivity index (χ1v) is 14.2. The summed E-state index contributed by atoms with van der Waals surface area (Å²) in [6.07, 6.45) is -2.86. The van der Waals surface area contributed by atoms with Gasteiger partial charge in [0.2, 0.25) is 5.88 Å². The monoisotopic (exact) mass is 632 g/mol. The molecule has 4 N–H and O–H groups in total. The van der Waals surface area contributed by atoms with Gasteiger partial charge in [-0.05, 0) is 44.4 Å². The highest BCUT2D eigenvalue weighted by atomic mass is 19.4. The average Bonchev–Trinajstić information content (AvgIpc) is 3.33. The number of nitrogens with zero attached hydrogens (tertiary/aromatic N) is 3. The Bertz CT molecular complexity index is 1720. The maximum absolute atomic E-state index is 16.7. The molecule has 0 unspecified atom stereocenters. The molecule has 238 valence electrons. The lowest BCUT2D eigenvalue weighted by atomic mass is 9.95. The number of piperazine rings is 1. The molecule has 4 atom stereocenters. The van der Waals surface area contributed by atoms with Gasteiger partial charge in [0.15, 0.2) is 11.5 Å². The summed E-state index contributed by atoms with van der Waals surface area (Å²) in [6.45, 7) is 2.60. The van der Waals surface area contributed by atoms with Gasteiger partial charge in [0.05, 0.1) is 30.1 Å². The molecule has 1 amide bonds. The fourth-order valence-electron chi connectivity index (χ4n) is 6.61. The molecule has 3 aliphatic rings. The van der Waals surface area contributed by atoms with Crippen molar-refractivity contribution >= 4 is 23.3 Å². The maximum Gasteiger partial charge on any atom is 0.417 e. The minimum atomic E-state index is -5.12. The number of rotatable bonds is 5. The number of alkyl halides is 3. The molecule has 10 nitrogen and oxygen atoms in total. The number of fused-ring (bicyclic) bond motifs is 5. The minimum absolute atomic E-state index is 0.00922. The number of nitrogen functional groups attached to an aromatic ring is 1. The Hall–Kier alpha value is -4.53. The molecule has 1 aromatic carbocycles. The number of ether oxygens (including phenoxy) is 2. The van der Waals surface area contributed by atoms with Crippen LogP contribution < -0.4 is 21.1 Å². The van der Waals surface area contributed by atoms with Crippen molar-refractivity contribution in [1.29, 1.82) is 0 Å². The highest BCUT2D eigenvalue weighted by Gasteiger charge is 2.49. The van der Waals surface area contributed by atoms with E-state index in [1.165, 1.54) is 18.3 Å². The number of anilines is 2. The molecule has 2 bridgehead atoms. The van der Waals surface area contributed by atoms with Gasteiger partial charge in [-0.2, -0.15) is 13.2 Å². The van der Waals surface area contributed by atoms with E-state index in [-0.39, 0.29) is 35.4 Å². The second-order valence-corrected chi connectivity index (χ2v) is 11.3. The SMILES string of the molecule is COC(=O)c1ncccc1CNc1c(F)c(-c2cc(N)c(F)c(C)c2C(F)(F)F)nc2c1C(=O)N1C[C@H]3CC[C@H](N3)[C@H]1[C@H](C)O2. The Morgan fingerprint density at radius 2 is 2.02 bits per heavy atom. The number of carbonyl (C=O) groups excluding carboxylic acids is 2. The number of esters is 1. The fourth-order valence-corrected chi connectivity index (χ4v) is 6.61. The first kappa shape index (κ1) is 30.5. The summed E-state index contributed by atoms with van der Waals surface area (Å²) in [4.78, 5) is 36.3. The number of benzene rings is 1. The average molecular weight is 633 g/mol. The lowest BCUT2D eigenvalue weighted by Gasteiger charge is -2.41. The van der Waals surface area contributed by atoms with Crippen LogP contribution in [0.15, 0.2) is 24.4 Å². The highest BCUT2D eigenvalue weighted by Crippen LogP contribution is 2.46. The lowest BCUT2D eigenvalue weighted by molar-refractivity contribution is -0.137. The van der Waals surface area contributed by atoms with Gasteiger partial charge in [-0.1, -0.05) is 6.07 Å². The smallest absolute Gasteiger partial charge is 0.417 e. The standard InChI is InChI=1S/C30H29F5N6O4/c1-12-20(30(33,34)35)16(9-17(36)21(12)31)24-22(32)25(38-10-14-5-4-8-37-23(14)29(43)44-3)19-27(40-24)45-13(2)26-18-7-6-15(39-18)11-41(26)28(19)42/h4-5,8-9,13,15,18,26,39H,6-7,10-11,36H2,1-3H3,(H,38,40)/t13-,15+,18-,26+/m0/s1. The fraction of sp³-hybridized carbons (Fsp3) is 0.400. The molecule has 5 heterocycles. The number of aromatic nitrogens is 2. The van der Waals surface area contributed by atoms with Gasteiger partial charge in [-0.15, -0.1) is 0 Å². The van der Waals surface area contributed by atoms with Gasteiger partial charge >= 0.3 is 12.1 Å². The molecule has 2 saturated heterocycles. The number of methoxy groups -OCH3 is 1. The second-order valence-electron chi connectivity index (χ2n) is 11.3. The zero-order chi connectivity index (χ0) is 32.4. The second kappa shape index (κ2) is 11.1. The first-order valence-electron chi connectivity index (χ1n) is 14.2. The van der Waals surface area contributed by atoms with Crippen LogP contribution in [0.2, 0.25) is 0 Å². The number of carbonyl (C=O) groups is 2. The Morgan fingerprint density at radius 1 is 1.27 bits per heavy atom. The number of pyridine rings is 2. The van der Waals surface area contributed by atoms with E-state index < -0.39 is 81.5 Å². The minimum Gasteiger partial charge on any atom is -0.472 e. The number of nitrogens with two attached hydrogens (primary N) is 1. The number of hydrogen-bond donors (Lipinski definition) is 3. The number of hydrogen-bond acceptors (Lipinski definition) is 9. The van der Waals surface area contributed by atoms with Crippen LogP contribution in [0.1, 0.15) is 57.3 Å². The lowest BCUT2D eigenvalue weighted by Crippen LogP contribution is -2.63. The highest BCUT2D eigenvalue weighted by molar-refractivity contribution is 6.03. The number of halogens is 5.